The van der Waals surface area contributed by atoms with Crippen LogP contribution in [0.2, 0.25) is 0 Å². The van der Waals surface area contributed by atoms with Gasteiger partial charge >= 0.3 is 0 Å². The molecule has 1 saturated heterocycles. The summed E-state index contributed by atoms with van der Waals surface area (Å²) >= 11 is 0. The highest BCUT2D eigenvalue weighted by atomic mass is 16.5. The fourth-order valence-electron chi connectivity index (χ4n) is 3.37. The molecule has 1 aromatic heterocycles. The summed E-state index contributed by atoms with van der Waals surface area (Å²) in [6.45, 7) is 1.83. The first-order valence-corrected chi connectivity index (χ1v) is 7.50. The average Bonchev–Trinajstić information content (AvgIpc) is 3.07. The molecule has 1 unspecified atom stereocenters. The van der Waals surface area contributed by atoms with Crippen LogP contribution in [0.25, 0.3) is 0 Å². The zero-order valence-corrected chi connectivity index (χ0v) is 11.4. The Morgan fingerprint density at radius 2 is 2.16 bits per heavy atom. The Balaban J connectivity index is 1.35. The largest absolute Gasteiger partial charge is 0.370 e. The van der Waals surface area contributed by atoms with E-state index in [1.165, 1.54) is 51.3 Å². The van der Waals surface area contributed by atoms with E-state index < -0.39 is 0 Å². The van der Waals surface area contributed by atoms with Crippen LogP contribution >= 0.6 is 0 Å². The summed E-state index contributed by atoms with van der Waals surface area (Å²) in [4.78, 5) is 4.00. The highest BCUT2D eigenvalue weighted by Gasteiger charge is 2.40. The van der Waals surface area contributed by atoms with Crippen molar-refractivity contribution in [3.63, 3.8) is 0 Å². The van der Waals surface area contributed by atoms with E-state index in [9.17, 15) is 0 Å². The van der Waals surface area contributed by atoms with Gasteiger partial charge in [-0.15, -0.1) is 0 Å². The summed E-state index contributed by atoms with van der Waals surface area (Å²) in [5.41, 5.74) is 0.234. The van der Waals surface area contributed by atoms with E-state index in [0.717, 1.165) is 25.3 Å². The number of hydrogen-bond donors (Lipinski definition) is 1. The summed E-state index contributed by atoms with van der Waals surface area (Å²) in [5, 5.41) is 7.24. The van der Waals surface area contributed by atoms with Gasteiger partial charge in [-0.25, -0.2) is 0 Å². The van der Waals surface area contributed by atoms with Crippen LogP contribution in [-0.2, 0) is 11.2 Å². The van der Waals surface area contributed by atoms with Crippen molar-refractivity contribution in [2.24, 2.45) is 0 Å². The quantitative estimate of drug-likeness (QED) is 0.826. The van der Waals surface area contributed by atoms with Gasteiger partial charge in [-0.05, 0) is 25.7 Å². The lowest BCUT2D eigenvalue weighted by Crippen LogP contribution is -2.35. The second-order valence-electron chi connectivity index (χ2n) is 5.82. The topological polar surface area (TPSA) is 60.2 Å². The lowest BCUT2D eigenvalue weighted by Gasteiger charge is -2.33. The molecule has 2 fully saturated rings. The Kier molecular flexibility index (Phi) is 4.13. The van der Waals surface area contributed by atoms with E-state index in [1.54, 1.807) is 0 Å². The van der Waals surface area contributed by atoms with Crippen molar-refractivity contribution in [2.45, 2.75) is 63.1 Å². The minimum Gasteiger partial charge on any atom is -0.370 e. The minimum absolute atomic E-state index is 0.234. The first-order chi connectivity index (χ1) is 9.36. The molecule has 0 amide bonds. The molecular formula is C14H23N3O2. The smallest absolute Gasteiger partial charge is 0.213 e. The molecule has 0 bridgehead atoms. The highest BCUT2D eigenvalue weighted by Crippen LogP contribution is 2.41. The standard InChI is InChI=1S/C14H23N3O2/c1-2-6-14(7-3-1)8-4-12(19-14)10-15-9-5-13-16-11-18-17-13/h11-12,15H,1-10H2. The molecule has 1 aliphatic carbocycles. The van der Waals surface area contributed by atoms with Crippen LogP contribution in [0.1, 0.15) is 50.8 Å². The fourth-order valence-corrected chi connectivity index (χ4v) is 3.37. The summed E-state index contributed by atoms with van der Waals surface area (Å²) < 4.78 is 11.0. The van der Waals surface area contributed by atoms with E-state index in [1.807, 2.05) is 0 Å². The molecule has 2 heterocycles. The third-order valence-corrected chi connectivity index (χ3v) is 4.41. The third kappa shape index (κ3) is 3.34. The first kappa shape index (κ1) is 13.1. The minimum atomic E-state index is 0.234. The molecule has 19 heavy (non-hydrogen) atoms. The van der Waals surface area contributed by atoms with E-state index in [4.69, 9.17) is 9.26 Å². The third-order valence-electron chi connectivity index (χ3n) is 4.41. The van der Waals surface area contributed by atoms with E-state index in [-0.39, 0.29) is 5.60 Å². The molecule has 2 aliphatic rings. The van der Waals surface area contributed by atoms with Gasteiger partial charge < -0.3 is 14.6 Å². The number of nitrogens with zero attached hydrogens (tertiary/aromatic N) is 2. The van der Waals surface area contributed by atoms with Gasteiger partial charge in [0.15, 0.2) is 5.82 Å². The second-order valence-corrected chi connectivity index (χ2v) is 5.82. The van der Waals surface area contributed by atoms with Crippen molar-refractivity contribution in [3.05, 3.63) is 12.2 Å². The second kappa shape index (κ2) is 6.01. The number of ether oxygens (including phenoxy) is 1. The molecule has 5 nitrogen and oxygen atoms in total. The summed E-state index contributed by atoms with van der Waals surface area (Å²) in [7, 11) is 0. The Morgan fingerprint density at radius 1 is 1.26 bits per heavy atom. The molecule has 106 valence electrons. The van der Waals surface area contributed by atoms with Gasteiger partial charge in [0.25, 0.3) is 0 Å². The molecule has 1 atom stereocenters. The van der Waals surface area contributed by atoms with Crippen molar-refractivity contribution >= 4 is 0 Å². The lowest BCUT2D eigenvalue weighted by molar-refractivity contribution is -0.0622. The summed E-state index contributed by atoms with van der Waals surface area (Å²) in [6.07, 6.45) is 11.7. The molecule has 1 aromatic rings. The molecule has 1 spiro atoms. The van der Waals surface area contributed by atoms with E-state index >= 15 is 0 Å². The van der Waals surface area contributed by atoms with Gasteiger partial charge in [-0.2, -0.15) is 4.98 Å². The van der Waals surface area contributed by atoms with Gasteiger partial charge in [-0.1, -0.05) is 24.4 Å². The van der Waals surface area contributed by atoms with Crippen LogP contribution in [-0.4, -0.2) is 34.9 Å². The Hall–Kier alpha value is -0.940. The van der Waals surface area contributed by atoms with E-state index in [2.05, 4.69) is 15.5 Å². The normalized spacial score (nSPS) is 26.0. The Labute approximate surface area is 114 Å². The zero-order chi connectivity index (χ0) is 13.0. The SMILES string of the molecule is c1nc(CCNCC2CCC3(CCCCC3)O2)no1. The Bertz CT molecular complexity index is 374. The van der Waals surface area contributed by atoms with Crippen molar-refractivity contribution in [2.75, 3.05) is 13.1 Å². The highest BCUT2D eigenvalue weighted by molar-refractivity contribution is 4.91. The van der Waals surface area contributed by atoms with Gasteiger partial charge in [0.05, 0.1) is 11.7 Å². The molecule has 1 saturated carbocycles. The van der Waals surface area contributed by atoms with Crippen LogP contribution in [0, 0.1) is 0 Å². The van der Waals surface area contributed by atoms with Gasteiger partial charge in [0.1, 0.15) is 0 Å². The van der Waals surface area contributed by atoms with Crippen molar-refractivity contribution < 1.29 is 9.26 Å². The number of nitrogens with one attached hydrogen (secondary N) is 1. The monoisotopic (exact) mass is 265 g/mol. The maximum Gasteiger partial charge on any atom is 0.213 e. The maximum absolute atomic E-state index is 6.31. The Morgan fingerprint density at radius 3 is 2.95 bits per heavy atom. The molecule has 0 radical (unpaired) electrons. The average molecular weight is 265 g/mol. The zero-order valence-electron chi connectivity index (χ0n) is 11.4. The molecule has 1 N–H and O–H groups in total. The van der Waals surface area contributed by atoms with Gasteiger partial charge in [-0.3, -0.25) is 0 Å². The predicted molar refractivity (Wildman–Crippen MR) is 70.8 cm³/mol. The van der Waals surface area contributed by atoms with Crippen LogP contribution in [0.5, 0.6) is 0 Å². The van der Waals surface area contributed by atoms with Crippen molar-refractivity contribution in [3.8, 4) is 0 Å². The van der Waals surface area contributed by atoms with Crippen molar-refractivity contribution in [1.82, 2.24) is 15.5 Å². The number of hydrogen-bond acceptors (Lipinski definition) is 5. The molecule has 1 aliphatic heterocycles. The van der Waals surface area contributed by atoms with Crippen molar-refractivity contribution in [1.29, 1.82) is 0 Å². The van der Waals surface area contributed by atoms with Gasteiger partial charge in [0, 0.05) is 19.5 Å². The maximum atomic E-state index is 6.31. The van der Waals surface area contributed by atoms with Crippen LogP contribution in [0.4, 0.5) is 0 Å². The summed E-state index contributed by atoms with van der Waals surface area (Å²) in [5.74, 6) is 0.767. The summed E-state index contributed by atoms with van der Waals surface area (Å²) in [6, 6.07) is 0. The van der Waals surface area contributed by atoms with Crippen LogP contribution in [0.3, 0.4) is 0 Å². The van der Waals surface area contributed by atoms with Crippen LogP contribution < -0.4 is 5.32 Å². The fraction of sp³-hybridized carbons (Fsp3) is 0.857. The van der Waals surface area contributed by atoms with Gasteiger partial charge in [0.2, 0.25) is 6.39 Å². The number of rotatable bonds is 5. The predicted octanol–water partition coefficient (Wildman–Crippen LogP) is 2.08. The molecule has 5 heteroatoms. The first-order valence-electron chi connectivity index (χ1n) is 7.50. The molecular weight excluding hydrogens is 242 g/mol. The molecule has 3 rings (SSSR count). The van der Waals surface area contributed by atoms with E-state index in [0.29, 0.717) is 6.10 Å². The molecule has 0 aromatic carbocycles. The lowest BCUT2D eigenvalue weighted by atomic mass is 9.83. The van der Waals surface area contributed by atoms with Crippen LogP contribution in [0.15, 0.2) is 10.9 Å². The number of aromatic nitrogens is 2.